The van der Waals surface area contributed by atoms with Gasteiger partial charge in [0.2, 0.25) is 0 Å². The minimum atomic E-state index is -0.179. The van der Waals surface area contributed by atoms with Crippen molar-refractivity contribution in [2.45, 2.75) is 0 Å². The van der Waals surface area contributed by atoms with Crippen LogP contribution in [0.3, 0.4) is 0 Å². The van der Waals surface area contributed by atoms with Gasteiger partial charge in [0.05, 0.1) is 5.69 Å². The van der Waals surface area contributed by atoms with E-state index in [1.54, 1.807) is 24.5 Å². The second-order valence-corrected chi connectivity index (χ2v) is 5.61. The van der Waals surface area contributed by atoms with Crippen molar-refractivity contribution in [3.8, 4) is 11.3 Å². The highest BCUT2D eigenvalue weighted by molar-refractivity contribution is 14.1. The van der Waals surface area contributed by atoms with Gasteiger partial charge in [-0.15, -0.1) is 0 Å². The molecule has 2 N–H and O–H groups in total. The zero-order chi connectivity index (χ0) is 14.7. The maximum absolute atomic E-state index is 12.1. The number of amides is 1. The molecule has 3 rings (SSSR count). The molecule has 0 saturated carbocycles. The molecule has 0 aliphatic carbocycles. The van der Waals surface area contributed by atoms with Crippen molar-refractivity contribution in [3.05, 3.63) is 64.0 Å². The Bertz CT molecular complexity index is 770. The summed E-state index contributed by atoms with van der Waals surface area (Å²) in [5.74, 6) is 0.312. The van der Waals surface area contributed by atoms with Crippen LogP contribution in [-0.4, -0.2) is 21.1 Å². The van der Waals surface area contributed by atoms with Gasteiger partial charge in [0.25, 0.3) is 5.91 Å². The predicted octanol–water partition coefficient (Wildman–Crippen LogP) is 3.33. The van der Waals surface area contributed by atoms with Crippen LogP contribution in [-0.2, 0) is 0 Å². The number of nitrogens with zero attached hydrogens (tertiary/aromatic N) is 2. The highest BCUT2D eigenvalue weighted by Gasteiger charge is 2.09. The maximum Gasteiger partial charge on any atom is 0.256 e. The third-order valence-electron chi connectivity index (χ3n) is 2.90. The van der Waals surface area contributed by atoms with Gasteiger partial charge in [-0.05, 0) is 52.9 Å². The van der Waals surface area contributed by atoms with E-state index in [1.165, 1.54) is 0 Å². The van der Waals surface area contributed by atoms with Gasteiger partial charge in [-0.25, -0.2) is 0 Å². The lowest BCUT2D eigenvalue weighted by Gasteiger charge is -2.01. The highest BCUT2D eigenvalue weighted by Crippen LogP contribution is 2.19. The molecule has 5 nitrogen and oxygen atoms in total. The molecular weight excluding hydrogens is 379 g/mol. The fourth-order valence-electron chi connectivity index (χ4n) is 1.88. The summed E-state index contributed by atoms with van der Waals surface area (Å²) in [6, 6.07) is 12.9. The second-order valence-electron chi connectivity index (χ2n) is 4.37. The number of pyridine rings is 1. The summed E-state index contributed by atoms with van der Waals surface area (Å²) in [5, 5.41) is 9.77. The first-order valence-electron chi connectivity index (χ1n) is 6.25. The smallest absolute Gasteiger partial charge is 0.256 e. The number of carbonyl (C=O) groups excluding carboxylic acids is 1. The van der Waals surface area contributed by atoms with E-state index in [2.05, 4.69) is 43.1 Å². The average molecular weight is 390 g/mol. The molecule has 2 heterocycles. The molecule has 1 aromatic carbocycles. The first-order valence-corrected chi connectivity index (χ1v) is 7.33. The largest absolute Gasteiger partial charge is 0.305 e. The van der Waals surface area contributed by atoms with E-state index >= 15 is 0 Å². The Morgan fingerprint density at radius 2 is 1.95 bits per heavy atom. The minimum Gasteiger partial charge on any atom is -0.305 e. The SMILES string of the molecule is O=C(Nc1cc(-c2ccncc2)[nH]n1)c1cccc(I)c1. The van der Waals surface area contributed by atoms with Crippen LogP contribution >= 0.6 is 22.6 Å². The molecule has 0 saturated heterocycles. The summed E-state index contributed by atoms with van der Waals surface area (Å²) in [5.41, 5.74) is 2.40. The van der Waals surface area contributed by atoms with Crippen molar-refractivity contribution < 1.29 is 4.79 Å². The topological polar surface area (TPSA) is 70.7 Å². The van der Waals surface area contributed by atoms with Crippen LogP contribution < -0.4 is 5.32 Å². The Balaban J connectivity index is 1.77. The lowest BCUT2D eigenvalue weighted by atomic mass is 10.2. The van der Waals surface area contributed by atoms with Gasteiger partial charge in [0, 0.05) is 33.2 Å². The Kier molecular flexibility index (Phi) is 3.96. The van der Waals surface area contributed by atoms with Crippen LogP contribution in [0.25, 0.3) is 11.3 Å². The Hall–Kier alpha value is -2.22. The van der Waals surface area contributed by atoms with Crippen LogP contribution in [0.15, 0.2) is 54.9 Å². The van der Waals surface area contributed by atoms with Gasteiger partial charge in [0.1, 0.15) is 0 Å². The van der Waals surface area contributed by atoms with Crippen LogP contribution in [0.5, 0.6) is 0 Å². The van der Waals surface area contributed by atoms with E-state index in [9.17, 15) is 4.79 Å². The number of H-pyrrole nitrogens is 1. The van der Waals surface area contributed by atoms with E-state index in [4.69, 9.17) is 0 Å². The van der Waals surface area contributed by atoms with Gasteiger partial charge in [0.15, 0.2) is 5.82 Å². The Labute approximate surface area is 135 Å². The van der Waals surface area contributed by atoms with Gasteiger partial charge in [-0.1, -0.05) is 6.07 Å². The number of aromatic amines is 1. The maximum atomic E-state index is 12.1. The summed E-state index contributed by atoms with van der Waals surface area (Å²) < 4.78 is 1.01. The number of hydrogen-bond acceptors (Lipinski definition) is 3. The molecule has 104 valence electrons. The normalized spacial score (nSPS) is 10.3. The van der Waals surface area contributed by atoms with Crippen molar-refractivity contribution in [1.29, 1.82) is 0 Å². The quantitative estimate of drug-likeness (QED) is 0.674. The van der Waals surface area contributed by atoms with Crippen LogP contribution in [0, 0.1) is 3.57 Å². The number of anilines is 1. The van der Waals surface area contributed by atoms with Gasteiger partial charge < -0.3 is 5.32 Å². The lowest BCUT2D eigenvalue weighted by molar-refractivity contribution is 0.102. The summed E-state index contributed by atoms with van der Waals surface area (Å²) in [6.07, 6.45) is 3.42. The van der Waals surface area contributed by atoms with E-state index in [0.717, 1.165) is 14.8 Å². The van der Waals surface area contributed by atoms with Crippen molar-refractivity contribution >= 4 is 34.3 Å². The molecule has 0 spiro atoms. The van der Waals surface area contributed by atoms with Crippen molar-refractivity contribution in [2.24, 2.45) is 0 Å². The predicted molar refractivity (Wildman–Crippen MR) is 88.9 cm³/mol. The molecule has 6 heteroatoms. The number of benzene rings is 1. The summed E-state index contributed by atoms with van der Waals surface area (Å²) in [7, 11) is 0. The Morgan fingerprint density at radius 1 is 1.14 bits per heavy atom. The molecule has 0 radical (unpaired) electrons. The van der Waals surface area contributed by atoms with E-state index in [0.29, 0.717) is 11.4 Å². The van der Waals surface area contributed by atoms with Crippen molar-refractivity contribution in [2.75, 3.05) is 5.32 Å². The first kappa shape index (κ1) is 13.7. The van der Waals surface area contributed by atoms with Crippen LogP contribution in [0.4, 0.5) is 5.82 Å². The molecule has 0 aliphatic heterocycles. The van der Waals surface area contributed by atoms with Crippen molar-refractivity contribution in [3.63, 3.8) is 0 Å². The lowest BCUT2D eigenvalue weighted by Crippen LogP contribution is -2.12. The molecule has 2 aromatic heterocycles. The number of carbonyl (C=O) groups is 1. The van der Waals surface area contributed by atoms with Crippen molar-refractivity contribution in [1.82, 2.24) is 15.2 Å². The molecule has 0 atom stereocenters. The molecule has 21 heavy (non-hydrogen) atoms. The van der Waals surface area contributed by atoms with E-state index in [1.807, 2.05) is 30.3 Å². The molecule has 1 amide bonds. The fourth-order valence-corrected chi connectivity index (χ4v) is 2.43. The van der Waals surface area contributed by atoms with E-state index < -0.39 is 0 Å². The van der Waals surface area contributed by atoms with Crippen LogP contribution in [0.2, 0.25) is 0 Å². The fraction of sp³-hybridized carbons (Fsp3) is 0. The molecular formula is C15H11IN4O. The molecule has 3 aromatic rings. The molecule has 0 fully saturated rings. The monoisotopic (exact) mass is 390 g/mol. The molecule has 0 aliphatic rings. The molecule has 0 bridgehead atoms. The molecule has 0 unspecified atom stereocenters. The average Bonchev–Trinajstić information content (AvgIpc) is 2.97. The number of aromatic nitrogens is 3. The number of halogens is 1. The zero-order valence-electron chi connectivity index (χ0n) is 10.9. The van der Waals surface area contributed by atoms with Gasteiger partial charge in [-0.2, -0.15) is 5.10 Å². The third-order valence-corrected chi connectivity index (χ3v) is 3.57. The van der Waals surface area contributed by atoms with Crippen LogP contribution in [0.1, 0.15) is 10.4 Å². The standard InChI is InChI=1S/C15H11IN4O/c16-12-3-1-2-11(8-12)15(21)18-14-9-13(19-20-14)10-4-6-17-7-5-10/h1-9H,(H2,18,19,20,21). The van der Waals surface area contributed by atoms with Gasteiger partial charge >= 0.3 is 0 Å². The third kappa shape index (κ3) is 3.27. The number of rotatable bonds is 3. The van der Waals surface area contributed by atoms with E-state index in [-0.39, 0.29) is 5.91 Å². The zero-order valence-corrected chi connectivity index (χ0v) is 13.0. The highest BCUT2D eigenvalue weighted by atomic mass is 127. The number of hydrogen-bond donors (Lipinski definition) is 2. The Morgan fingerprint density at radius 3 is 2.71 bits per heavy atom. The van der Waals surface area contributed by atoms with Gasteiger partial charge in [-0.3, -0.25) is 14.9 Å². The first-order chi connectivity index (χ1) is 10.2. The summed E-state index contributed by atoms with van der Waals surface area (Å²) >= 11 is 2.17. The summed E-state index contributed by atoms with van der Waals surface area (Å²) in [6.45, 7) is 0. The number of nitrogens with one attached hydrogen (secondary N) is 2. The second kappa shape index (κ2) is 6.04. The minimum absolute atomic E-state index is 0.179. The summed E-state index contributed by atoms with van der Waals surface area (Å²) in [4.78, 5) is 16.1.